The number of nitrogens with two attached hydrogens (primary N) is 1. The first-order valence-corrected chi connectivity index (χ1v) is 5.54. The van der Waals surface area contributed by atoms with Crippen molar-refractivity contribution in [3.8, 4) is 5.88 Å². The molecule has 8 heteroatoms. The zero-order chi connectivity index (χ0) is 10.3. The number of nitrogens with one attached hydrogen (secondary N) is 1. The molecule has 0 saturated carbocycles. The van der Waals surface area contributed by atoms with Gasteiger partial charge < -0.3 is 9.84 Å². The largest absolute Gasteiger partial charge is 0.474 e. The van der Waals surface area contributed by atoms with E-state index in [1.807, 2.05) is 0 Å². The monoisotopic (exact) mass is 218 g/mol. The van der Waals surface area contributed by atoms with Crippen molar-refractivity contribution in [2.24, 2.45) is 5.14 Å². The summed E-state index contributed by atoms with van der Waals surface area (Å²) in [5.74, 6) is 0.220. The van der Waals surface area contributed by atoms with Gasteiger partial charge in [-0.1, -0.05) is 0 Å². The number of hydrogen-bond acceptors (Lipinski definition) is 5. The molecule has 0 amide bonds. The highest BCUT2D eigenvalue weighted by atomic mass is 32.2. The molecule has 1 aliphatic rings. The fourth-order valence-electron chi connectivity index (χ4n) is 1.27. The van der Waals surface area contributed by atoms with Gasteiger partial charge in [-0.3, -0.25) is 0 Å². The number of ether oxygens (including phenoxy) is 1. The summed E-state index contributed by atoms with van der Waals surface area (Å²) in [6.07, 6.45) is 0.609. The highest BCUT2D eigenvalue weighted by Crippen LogP contribution is 2.25. The molecule has 2 unspecified atom stereocenters. The number of hydrogen-bond donors (Lipinski definition) is 3. The van der Waals surface area contributed by atoms with Gasteiger partial charge in [-0.2, -0.15) is 5.10 Å². The minimum atomic E-state index is -3.31. The minimum Gasteiger partial charge on any atom is -0.474 e. The Kier molecular flexibility index (Phi) is 1.98. The molecular formula is C6H10N4O3S. The third-order valence-corrected chi connectivity index (χ3v) is 2.82. The van der Waals surface area contributed by atoms with E-state index >= 15 is 0 Å². The van der Waals surface area contributed by atoms with Gasteiger partial charge in [0.05, 0.1) is 12.7 Å². The summed E-state index contributed by atoms with van der Waals surface area (Å²) in [5.41, 5.74) is 0. The van der Waals surface area contributed by atoms with Crippen LogP contribution in [0.2, 0.25) is 0 Å². The molecule has 0 spiro atoms. The molecule has 0 bridgehead atoms. The van der Waals surface area contributed by atoms with Crippen LogP contribution in [-0.4, -0.2) is 31.8 Å². The van der Waals surface area contributed by atoms with Crippen LogP contribution in [0.15, 0.2) is 11.1 Å². The highest BCUT2D eigenvalue weighted by molar-refractivity contribution is 7.90. The maximum atomic E-state index is 11.3. The van der Waals surface area contributed by atoms with Gasteiger partial charge in [0, 0.05) is 0 Å². The standard InChI is InChI=1S/C6H10N4O3S/c7-14(8,12)5-1-9-10-2-4(11)3-13-6(5)10/h1,4,11H,2-3H2,(H3,7,8,12). The second-order valence-electron chi connectivity index (χ2n) is 3.06. The van der Waals surface area contributed by atoms with Crippen molar-refractivity contribution in [3.05, 3.63) is 6.20 Å². The number of nitrogens with zero attached hydrogens (tertiary/aromatic N) is 2. The Morgan fingerprint density at radius 1 is 1.86 bits per heavy atom. The van der Waals surface area contributed by atoms with Crippen LogP contribution in [-0.2, 0) is 16.5 Å². The summed E-state index contributed by atoms with van der Waals surface area (Å²) in [5, 5.41) is 18.2. The minimum absolute atomic E-state index is 0.0735. The van der Waals surface area contributed by atoms with E-state index in [1.54, 1.807) is 0 Å². The van der Waals surface area contributed by atoms with E-state index in [-0.39, 0.29) is 23.9 Å². The topological polar surface area (TPSA) is 114 Å². The van der Waals surface area contributed by atoms with Crippen LogP contribution in [0.1, 0.15) is 0 Å². The van der Waals surface area contributed by atoms with E-state index in [0.717, 1.165) is 0 Å². The Bertz CT molecular complexity index is 452. The van der Waals surface area contributed by atoms with Gasteiger partial charge in [0.25, 0.3) is 0 Å². The van der Waals surface area contributed by atoms with Crippen molar-refractivity contribution in [1.29, 1.82) is 4.78 Å². The molecule has 0 fully saturated rings. The molecule has 0 aromatic carbocycles. The summed E-state index contributed by atoms with van der Waals surface area (Å²) >= 11 is 0. The average Bonchev–Trinajstić information content (AvgIpc) is 2.45. The van der Waals surface area contributed by atoms with Gasteiger partial charge in [0.2, 0.25) is 5.88 Å². The van der Waals surface area contributed by atoms with Crippen molar-refractivity contribution in [2.45, 2.75) is 17.5 Å². The van der Waals surface area contributed by atoms with Gasteiger partial charge in [0.15, 0.2) is 0 Å². The van der Waals surface area contributed by atoms with Gasteiger partial charge in [0.1, 0.15) is 27.5 Å². The third-order valence-electron chi connectivity index (χ3n) is 1.88. The second kappa shape index (κ2) is 2.94. The van der Waals surface area contributed by atoms with E-state index in [4.69, 9.17) is 14.7 Å². The lowest BCUT2D eigenvalue weighted by Gasteiger charge is -2.20. The lowest BCUT2D eigenvalue weighted by atomic mass is 10.3. The first-order chi connectivity index (χ1) is 6.48. The number of rotatable bonds is 1. The quantitative estimate of drug-likeness (QED) is 0.556. The lowest BCUT2D eigenvalue weighted by Crippen LogP contribution is -2.30. The van der Waals surface area contributed by atoms with Crippen molar-refractivity contribution in [3.63, 3.8) is 0 Å². The van der Waals surface area contributed by atoms with Crippen LogP contribution < -0.4 is 9.88 Å². The molecule has 0 saturated heterocycles. The highest BCUT2D eigenvalue weighted by Gasteiger charge is 2.25. The van der Waals surface area contributed by atoms with Gasteiger partial charge >= 0.3 is 0 Å². The molecule has 0 radical (unpaired) electrons. The number of aliphatic hydroxyl groups is 1. The zero-order valence-corrected chi connectivity index (χ0v) is 8.03. The molecule has 2 heterocycles. The average molecular weight is 218 g/mol. The van der Waals surface area contributed by atoms with E-state index in [2.05, 4.69) is 5.10 Å². The van der Waals surface area contributed by atoms with E-state index in [9.17, 15) is 9.32 Å². The van der Waals surface area contributed by atoms with E-state index < -0.39 is 16.0 Å². The molecule has 1 aliphatic heterocycles. The van der Waals surface area contributed by atoms with Crippen LogP contribution >= 0.6 is 0 Å². The van der Waals surface area contributed by atoms with Crippen LogP contribution in [0.25, 0.3) is 0 Å². The molecule has 7 nitrogen and oxygen atoms in total. The molecular weight excluding hydrogens is 208 g/mol. The SMILES string of the molecule is N=S(N)(=O)c1cnn2c1OCC(O)C2. The van der Waals surface area contributed by atoms with E-state index in [1.165, 1.54) is 10.9 Å². The van der Waals surface area contributed by atoms with Crippen LogP contribution in [0.4, 0.5) is 0 Å². The van der Waals surface area contributed by atoms with Crippen molar-refractivity contribution < 1.29 is 14.1 Å². The van der Waals surface area contributed by atoms with Crippen LogP contribution in [0.3, 0.4) is 0 Å². The Balaban J connectivity index is 2.49. The Hall–Kier alpha value is -1.12. The Morgan fingerprint density at radius 3 is 3.21 bits per heavy atom. The third kappa shape index (κ3) is 1.47. The van der Waals surface area contributed by atoms with E-state index in [0.29, 0.717) is 0 Å². The van der Waals surface area contributed by atoms with Crippen LogP contribution in [0, 0.1) is 4.78 Å². The first kappa shape index (κ1) is 9.44. The maximum absolute atomic E-state index is 11.3. The Morgan fingerprint density at radius 2 is 2.57 bits per heavy atom. The van der Waals surface area contributed by atoms with Gasteiger partial charge in [-0.05, 0) is 0 Å². The number of fused-ring (bicyclic) bond motifs is 1. The molecule has 2 atom stereocenters. The molecule has 1 aromatic heterocycles. The normalized spacial score (nSPS) is 24.9. The predicted octanol–water partition coefficient (Wildman–Crippen LogP) is -1.08. The summed E-state index contributed by atoms with van der Waals surface area (Å²) in [6, 6.07) is 0. The Labute approximate surface area is 80.6 Å². The molecule has 14 heavy (non-hydrogen) atoms. The zero-order valence-electron chi connectivity index (χ0n) is 7.21. The summed E-state index contributed by atoms with van der Waals surface area (Å²) in [6.45, 7) is 0.374. The molecule has 0 aliphatic carbocycles. The van der Waals surface area contributed by atoms with Crippen molar-refractivity contribution in [2.75, 3.05) is 6.61 Å². The molecule has 1 aromatic rings. The van der Waals surface area contributed by atoms with Crippen LogP contribution in [0.5, 0.6) is 5.88 Å². The smallest absolute Gasteiger partial charge is 0.230 e. The second-order valence-corrected chi connectivity index (χ2v) is 4.70. The molecule has 4 N–H and O–H groups in total. The lowest BCUT2D eigenvalue weighted by molar-refractivity contribution is 0.0538. The fourth-order valence-corrected chi connectivity index (χ4v) is 1.90. The fraction of sp³-hybridized carbons (Fsp3) is 0.500. The van der Waals surface area contributed by atoms with Crippen molar-refractivity contribution in [1.82, 2.24) is 9.78 Å². The summed E-state index contributed by atoms with van der Waals surface area (Å²) in [7, 11) is -3.31. The van der Waals surface area contributed by atoms with Gasteiger partial charge in [-0.25, -0.2) is 18.8 Å². The number of aliphatic hydroxyl groups excluding tert-OH is 1. The molecule has 78 valence electrons. The maximum Gasteiger partial charge on any atom is 0.230 e. The predicted molar refractivity (Wildman–Crippen MR) is 47.0 cm³/mol. The summed E-state index contributed by atoms with van der Waals surface area (Å²) in [4.78, 5) is 0.0735. The summed E-state index contributed by atoms with van der Waals surface area (Å²) < 4.78 is 24.9. The molecule has 2 rings (SSSR count). The first-order valence-electron chi connectivity index (χ1n) is 3.91. The van der Waals surface area contributed by atoms with Gasteiger partial charge in [-0.15, -0.1) is 0 Å². The van der Waals surface area contributed by atoms with Crippen molar-refractivity contribution >= 4 is 9.92 Å². The number of aromatic nitrogens is 2.